The normalized spacial score (nSPS) is 22.2. The molecule has 0 saturated carbocycles. The van der Waals surface area contributed by atoms with Crippen LogP contribution in [0.15, 0.2) is 12.7 Å². The molecule has 6 nitrogen and oxygen atoms in total. The lowest BCUT2D eigenvalue weighted by Gasteiger charge is -2.31. The highest BCUT2D eigenvalue weighted by Crippen LogP contribution is 2.17. The number of rotatable bonds is 7. The molecule has 1 saturated heterocycles. The van der Waals surface area contributed by atoms with Gasteiger partial charge in [-0.05, 0) is 33.7 Å². The van der Waals surface area contributed by atoms with Crippen LogP contribution in [0.1, 0.15) is 33.6 Å². The van der Waals surface area contributed by atoms with Gasteiger partial charge in [0, 0.05) is 25.4 Å². The fourth-order valence-corrected chi connectivity index (χ4v) is 2.13. The Morgan fingerprint density at radius 2 is 2.00 bits per heavy atom. The predicted molar refractivity (Wildman–Crippen MR) is 85.5 cm³/mol. The summed E-state index contributed by atoms with van der Waals surface area (Å²) in [6.45, 7) is 12.2. The maximum absolute atomic E-state index is 12.1. The molecule has 0 aliphatic carbocycles. The smallest absolute Gasteiger partial charge is 0.410 e. The van der Waals surface area contributed by atoms with Gasteiger partial charge in [0.2, 0.25) is 0 Å². The summed E-state index contributed by atoms with van der Waals surface area (Å²) in [5.74, 6) is 0.281. The summed E-state index contributed by atoms with van der Waals surface area (Å²) in [5.41, 5.74) is 4.98. The van der Waals surface area contributed by atoms with Crippen LogP contribution in [0, 0.1) is 5.92 Å². The fourth-order valence-electron chi connectivity index (χ4n) is 2.13. The third-order valence-corrected chi connectivity index (χ3v) is 3.25. The number of carbonyl (C=O) groups excluding carboxylic acids is 1. The van der Waals surface area contributed by atoms with Crippen LogP contribution in [0.2, 0.25) is 0 Å². The number of nitrogens with two attached hydrogens (primary N) is 1. The Hall–Kier alpha value is -1.11. The fraction of sp³-hybridized carbons (Fsp3) is 0.812. The predicted octanol–water partition coefficient (Wildman–Crippen LogP) is 2.14. The molecule has 1 heterocycles. The third kappa shape index (κ3) is 7.24. The highest BCUT2D eigenvalue weighted by atomic mass is 16.7. The molecule has 0 bridgehead atoms. The molecule has 1 rings (SSSR count). The number of ether oxygens (including phenoxy) is 3. The van der Waals surface area contributed by atoms with Gasteiger partial charge in [0.1, 0.15) is 5.60 Å². The molecule has 1 aliphatic heterocycles. The first-order valence-electron chi connectivity index (χ1n) is 7.87. The van der Waals surface area contributed by atoms with Crippen molar-refractivity contribution in [2.75, 3.05) is 32.8 Å². The largest absolute Gasteiger partial charge is 0.444 e. The van der Waals surface area contributed by atoms with Crippen LogP contribution >= 0.6 is 0 Å². The number of hydrogen-bond donors (Lipinski definition) is 1. The Morgan fingerprint density at radius 1 is 1.36 bits per heavy atom. The molecule has 1 aliphatic rings. The molecule has 0 aromatic carbocycles. The number of carbonyl (C=O) groups is 1. The van der Waals surface area contributed by atoms with Crippen LogP contribution < -0.4 is 5.73 Å². The molecular weight excluding hydrogens is 284 g/mol. The molecule has 0 aromatic heterocycles. The molecule has 6 heteroatoms. The minimum absolute atomic E-state index is 0.184. The van der Waals surface area contributed by atoms with E-state index in [1.807, 2.05) is 20.8 Å². The second kappa shape index (κ2) is 9.12. The van der Waals surface area contributed by atoms with Gasteiger partial charge < -0.3 is 24.8 Å². The first-order chi connectivity index (χ1) is 10.4. The monoisotopic (exact) mass is 314 g/mol. The van der Waals surface area contributed by atoms with E-state index in [0.29, 0.717) is 39.3 Å². The summed E-state index contributed by atoms with van der Waals surface area (Å²) in [6.07, 6.45) is 2.73. The zero-order valence-electron chi connectivity index (χ0n) is 14.0. The van der Waals surface area contributed by atoms with E-state index in [4.69, 9.17) is 19.9 Å². The summed E-state index contributed by atoms with van der Waals surface area (Å²) < 4.78 is 16.6. The van der Waals surface area contributed by atoms with Crippen molar-refractivity contribution in [1.29, 1.82) is 0 Å². The van der Waals surface area contributed by atoms with Crippen molar-refractivity contribution in [3.63, 3.8) is 0 Å². The Morgan fingerprint density at radius 3 is 2.50 bits per heavy atom. The number of amides is 1. The van der Waals surface area contributed by atoms with E-state index < -0.39 is 5.60 Å². The van der Waals surface area contributed by atoms with Crippen molar-refractivity contribution in [3.05, 3.63) is 12.7 Å². The summed E-state index contributed by atoms with van der Waals surface area (Å²) in [7, 11) is 0. The van der Waals surface area contributed by atoms with E-state index >= 15 is 0 Å². The van der Waals surface area contributed by atoms with E-state index in [1.54, 1.807) is 11.0 Å². The average Bonchev–Trinajstić information content (AvgIpc) is 2.43. The molecule has 1 amide bonds. The number of nitrogens with zero attached hydrogens (tertiary/aromatic N) is 1. The second-order valence-corrected chi connectivity index (χ2v) is 6.54. The first kappa shape index (κ1) is 18.9. The van der Waals surface area contributed by atoms with Gasteiger partial charge in [-0.25, -0.2) is 4.79 Å². The van der Waals surface area contributed by atoms with E-state index in [9.17, 15) is 4.79 Å². The van der Waals surface area contributed by atoms with E-state index in [1.165, 1.54) is 0 Å². The first-order valence-corrected chi connectivity index (χ1v) is 7.87. The van der Waals surface area contributed by atoms with E-state index in [0.717, 1.165) is 6.42 Å². The maximum atomic E-state index is 12.1. The van der Waals surface area contributed by atoms with Crippen LogP contribution in [0.5, 0.6) is 0 Å². The molecular formula is C16H30N2O4. The van der Waals surface area contributed by atoms with Gasteiger partial charge in [0.25, 0.3) is 0 Å². The maximum Gasteiger partial charge on any atom is 0.410 e. The molecule has 0 atom stereocenters. The van der Waals surface area contributed by atoms with E-state index in [2.05, 4.69) is 6.58 Å². The molecule has 0 aromatic rings. The zero-order chi connectivity index (χ0) is 16.6. The highest BCUT2D eigenvalue weighted by molar-refractivity contribution is 5.68. The molecule has 22 heavy (non-hydrogen) atoms. The van der Waals surface area contributed by atoms with Gasteiger partial charge in [0.05, 0.1) is 13.2 Å². The van der Waals surface area contributed by atoms with Crippen molar-refractivity contribution >= 4 is 6.09 Å². The lowest BCUT2D eigenvalue weighted by atomic mass is 10.1. The summed E-state index contributed by atoms with van der Waals surface area (Å²) in [4.78, 5) is 13.8. The SMILES string of the molecule is C=CCN(CCC1COC(CCN)OC1)C(=O)OC(C)(C)C. The van der Waals surface area contributed by atoms with Gasteiger partial charge >= 0.3 is 6.09 Å². The van der Waals surface area contributed by atoms with Crippen molar-refractivity contribution < 1.29 is 19.0 Å². The van der Waals surface area contributed by atoms with Crippen LogP contribution in [0.3, 0.4) is 0 Å². The van der Waals surface area contributed by atoms with E-state index in [-0.39, 0.29) is 18.3 Å². The van der Waals surface area contributed by atoms with Crippen LogP contribution in [-0.4, -0.2) is 55.7 Å². The van der Waals surface area contributed by atoms with Gasteiger partial charge in [-0.2, -0.15) is 0 Å². The molecule has 128 valence electrons. The molecule has 1 fully saturated rings. The Bertz CT molecular complexity index is 347. The molecule has 0 spiro atoms. The zero-order valence-corrected chi connectivity index (χ0v) is 14.0. The quantitative estimate of drug-likeness (QED) is 0.729. The van der Waals surface area contributed by atoms with Crippen molar-refractivity contribution in [2.24, 2.45) is 11.7 Å². The standard InChI is InChI=1S/C16H30N2O4/c1-5-9-18(15(19)22-16(2,3)4)10-7-13-11-20-14(6-8-17)21-12-13/h5,13-14H,1,6-12,17H2,2-4H3. The van der Waals surface area contributed by atoms with Crippen molar-refractivity contribution in [1.82, 2.24) is 4.90 Å². The second-order valence-electron chi connectivity index (χ2n) is 6.54. The molecule has 0 unspecified atom stereocenters. The molecule has 0 radical (unpaired) electrons. The van der Waals surface area contributed by atoms with Crippen LogP contribution in [0.4, 0.5) is 4.79 Å². The van der Waals surface area contributed by atoms with Gasteiger partial charge in [0.15, 0.2) is 6.29 Å². The number of hydrogen-bond acceptors (Lipinski definition) is 5. The summed E-state index contributed by atoms with van der Waals surface area (Å²) >= 11 is 0. The minimum atomic E-state index is -0.497. The Balaban J connectivity index is 2.38. The lowest BCUT2D eigenvalue weighted by Crippen LogP contribution is -2.40. The highest BCUT2D eigenvalue weighted by Gasteiger charge is 2.25. The van der Waals surface area contributed by atoms with Crippen molar-refractivity contribution in [2.45, 2.75) is 45.5 Å². The van der Waals surface area contributed by atoms with Crippen LogP contribution in [-0.2, 0) is 14.2 Å². The Kier molecular flexibility index (Phi) is 7.85. The van der Waals surface area contributed by atoms with Crippen molar-refractivity contribution in [3.8, 4) is 0 Å². The summed E-state index contributed by atoms with van der Waals surface area (Å²) in [5, 5.41) is 0. The van der Waals surface area contributed by atoms with Gasteiger partial charge in [-0.15, -0.1) is 6.58 Å². The van der Waals surface area contributed by atoms with Crippen LogP contribution in [0.25, 0.3) is 0 Å². The Labute approximate surface area is 133 Å². The summed E-state index contributed by atoms with van der Waals surface area (Å²) in [6, 6.07) is 0. The third-order valence-electron chi connectivity index (χ3n) is 3.25. The lowest BCUT2D eigenvalue weighted by molar-refractivity contribution is -0.202. The van der Waals surface area contributed by atoms with Gasteiger partial charge in [-0.1, -0.05) is 6.08 Å². The minimum Gasteiger partial charge on any atom is -0.444 e. The van der Waals surface area contributed by atoms with Gasteiger partial charge in [-0.3, -0.25) is 0 Å². The molecule has 2 N–H and O–H groups in total. The topological polar surface area (TPSA) is 74.0 Å². The average molecular weight is 314 g/mol.